The summed E-state index contributed by atoms with van der Waals surface area (Å²) in [6, 6.07) is 0. The lowest BCUT2D eigenvalue weighted by Crippen LogP contribution is -2.22. The van der Waals surface area contributed by atoms with Crippen molar-refractivity contribution >= 4 is 5.82 Å². The second-order valence-electron chi connectivity index (χ2n) is 5.82. The van der Waals surface area contributed by atoms with Gasteiger partial charge in [0.1, 0.15) is 12.2 Å². The van der Waals surface area contributed by atoms with Gasteiger partial charge in [-0.05, 0) is 19.8 Å². The molecule has 3 atom stereocenters. The standard InChI is InChI=1S/C15H22N6O2/c1-3-23-15-13(16-4-5-17-15)18-8-11-6-10(7-12(11)22)14-20-19-9-21(14)2/h4-5,9-12,22H,3,6-8H2,1-2H3,(H,16,18)/t10-,11+,12+/m0/s1. The summed E-state index contributed by atoms with van der Waals surface area (Å²) in [6.45, 7) is 3.06. The van der Waals surface area contributed by atoms with Gasteiger partial charge in [-0.1, -0.05) is 0 Å². The zero-order valence-corrected chi connectivity index (χ0v) is 13.4. The van der Waals surface area contributed by atoms with Crippen molar-refractivity contribution in [2.45, 2.75) is 31.8 Å². The van der Waals surface area contributed by atoms with Crippen molar-refractivity contribution in [3.8, 4) is 5.88 Å². The maximum atomic E-state index is 10.3. The van der Waals surface area contributed by atoms with Crippen molar-refractivity contribution in [1.82, 2.24) is 24.7 Å². The molecule has 3 rings (SSSR count). The predicted octanol–water partition coefficient (Wildman–Crippen LogP) is 0.970. The molecule has 1 aliphatic rings. The molecule has 23 heavy (non-hydrogen) atoms. The molecule has 0 amide bonds. The van der Waals surface area contributed by atoms with E-state index < -0.39 is 0 Å². The molecular formula is C15H22N6O2. The second-order valence-corrected chi connectivity index (χ2v) is 5.82. The van der Waals surface area contributed by atoms with E-state index in [0.717, 1.165) is 12.2 Å². The summed E-state index contributed by atoms with van der Waals surface area (Å²) >= 11 is 0. The highest BCUT2D eigenvalue weighted by molar-refractivity contribution is 5.44. The van der Waals surface area contributed by atoms with Crippen LogP contribution in [0.3, 0.4) is 0 Å². The first-order valence-corrected chi connectivity index (χ1v) is 7.88. The van der Waals surface area contributed by atoms with Crippen molar-refractivity contribution in [2.75, 3.05) is 18.5 Å². The lowest BCUT2D eigenvalue weighted by molar-refractivity contribution is 0.137. The van der Waals surface area contributed by atoms with E-state index in [0.29, 0.717) is 31.3 Å². The molecule has 0 spiro atoms. The van der Waals surface area contributed by atoms with E-state index in [2.05, 4.69) is 25.5 Å². The smallest absolute Gasteiger partial charge is 0.257 e. The molecular weight excluding hydrogens is 296 g/mol. The summed E-state index contributed by atoms with van der Waals surface area (Å²) in [6.07, 6.45) is 6.13. The van der Waals surface area contributed by atoms with Gasteiger partial charge in [0.05, 0.1) is 12.7 Å². The Morgan fingerprint density at radius 3 is 2.91 bits per heavy atom. The summed E-state index contributed by atoms with van der Waals surface area (Å²) in [7, 11) is 1.93. The molecule has 2 N–H and O–H groups in total. The van der Waals surface area contributed by atoms with Gasteiger partial charge in [0.15, 0.2) is 5.82 Å². The SMILES string of the molecule is CCOc1nccnc1NC[C@H]1C[C@H](c2nncn2C)C[C@H]1O. The van der Waals surface area contributed by atoms with Gasteiger partial charge in [0, 0.05) is 37.8 Å². The van der Waals surface area contributed by atoms with Crippen LogP contribution in [-0.2, 0) is 7.05 Å². The summed E-state index contributed by atoms with van der Waals surface area (Å²) < 4.78 is 7.37. The third-order valence-electron chi connectivity index (χ3n) is 4.25. The maximum absolute atomic E-state index is 10.3. The fourth-order valence-corrected chi connectivity index (χ4v) is 3.11. The van der Waals surface area contributed by atoms with Gasteiger partial charge < -0.3 is 19.7 Å². The highest BCUT2D eigenvalue weighted by Gasteiger charge is 2.35. The molecule has 0 radical (unpaired) electrons. The van der Waals surface area contributed by atoms with Crippen LogP contribution in [0.4, 0.5) is 5.82 Å². The first kappa shape index (κ1) is 15.7. The van der Waals surface area contributed by atoms with E-state index in [1.165, 1.54) is 0 Å². The zero-order valence-electron chi connectivity index (χ0n) is 13.4. The number of aromatic nitrogens is 5. The first-order valence-electron chi connectivity index (χ1n) is 7.88. The van der Waals surface area contributed by atoms with Crippen LogP contribution in [0.25, 0.3) is 0 Å². The van der Waals surface area contributed by atoms with Crippen molar-refractivity contribution in [2.24, 2.45) is 13.0 Å². The quantitative estimate of drug-likeness (QED) is 0.819. The average Bonchev–Trinajstić information content (AvgIpc) is 3.12. The Morgan fingerprint density at radius 2 is 2.17 bits per heavy atom. The highest BCUT2D eigenvalue weighted by Crippen LogP contribution is 2.37. The van der Waals surface area contributed by atoms with Crippen molar-refractivity contribution in [3.05, 3.63) is 24.5 Å². The minimum absolute atomic E-state index is 0.133. The van der Waals surface area contributed by atoms with Crippen LogP contribution in [0.2, 0.25) is 0 Å². The number of hydrogen-bond acceptors (Lipinski definition) is 7. The van der Waals surface area contributed by atoms with Crippen LogP contribution in [-0.4, -0.2) is 49.1 Å². The normalized spacial score (nSPS) is 23.9. The minimum Gasteiger partial charge on any atom is -0.475 e. The summed E-state index contributed by atoms with van der Waals surface area (Å²) in [5, 5.41) is 21.7. The first-order chi connectivity index (χ1) is 11.2. The van der Waals surface area contributed by atoms with Crippen LogP contribution < -0.4 is 10.1 Å². The lowest BCUT2D eigenvalue weighted by atomic mass is 10.0. The van der Waals surface area contributed by atoms with E-state index >= 15 is 0 Å². The van der Waals surface area contributed by atoms with Crippen molar-refractivity contribution < 1.29 is 9.84 Å². The largest absolute Gasteiger partial charge is 0.475 e. The van der Waals surface area contributed by atoms with Gasteiger partial charge in [-0.2, -0.15) is 0 Å². The average molecular weight is 318 g/mol. The number of hydrogen-bond donors (Lipinski definition) is 2. The number of aliphatic hydroxyl groups is 1. The van der Waals surface area contributed by atoms with E-state index in [9.17, 15) is 5.11 Å². The molecule has 0 saturated heterocycles. The molecule has 1 saturated carbocycles. The molecule has 8 heteroatoms. The fraction of sp³-hybridized carbons (Fsp3) is 0.600. The Bertz CT molecular complexity index is 646. The fourth-order valence-electron chi connectivity index (χ4n) is 3.11. The number of aliphatic hydroxyl groups excluding tert-OH is 1. The molecule has 0 aromatic carbocycles. The molecule has 0 aliphatic heterocycles. The van der Waals surface area contributed by atoms with Crippen LogP contribution in [0, 0.1) is 5.92 Å². The lowest BCUT2D eigenvalue weighted by Gasteiger charge is -2.16. The summed E-state index contributed by atoms with van der Waals surface area (Å²) in [5.74, 6) is 2.41. The minimum atomic E-state index is -0.364. The third-order valence-corrected chi connectivity index (χ3v) is 4.25. The van der Waals surface area contributed by atoms with E-state index in [1.54, 1.807) is 18.7 Å². The summed E-state index contributed by atoms with van der Waals surface area (Å²) in [4.78, 5) is 8.43. The number of nitrogens with zero attached hydrogens (tertiary/aromatic N) is 5. The second kappa shape index (κ2) is 6.91. The van der Waals surface area contributed by atoms with Crippen LogP contribution in [0.1, 0.15) is 31.5 Å². The molecule has 124 valence electrons. The Hall–Kier alpha value is -2.22. The number of nitrogens with one attached hydrogen (secondary N) is 1. The number of aryl methyl sites for hydroxylation is 1. The number of anilines is 1. The molecule has 2 aromatic heterocycles. The van der Waals surface area contributed by atoms with Gasteiger partial charge in [0.25, 0.3) is 5.88 Å². The van der Waals surface area contributed by atoms with Crippen molar-refractivity contribution in [1.29, 1.82) is 0 Å². The van der Waals surface area contributed by atoms with Gasteiger partial charge >= 0.3 is 0 Å². The Labute approximate surface area is 134 Å². The topological polar surface area (TPSA) is 98.0 Å². The number of ether oxygens (including phenoxy) is 1. The molecule has 0 unspecified atom stereocenters. The Morgan fingerprint density at radius 1 is 1.35 bits per heavy atom. The zero-order chi connectivity index (χ0) is 16.2. The monoisotopic (exact) mass is 318 g/mol. The predicted molar refractivity (Wildman–Crippen MR) is 84.2 cm³/mol. The molecule has 1 fully saturated rings. The molecule has 1 aliphatic carbocycles. The summed E-state index contributed by atoms with van der Waals surface area (Å²) in [5.41, 5.74) is 0. The van der Waals surface area contributed by atoms with Gasteiger partial charge in [0.2, 0.25) is 0 Å². The van der Waals surface area contributed by atoms with Crippen LogP contribution in [0.15, 0.2) is 18.7 Å². The van der Waals surface area contributed by atoms with Gasteiger partial charge in [-0.15, -0.1) is 10.2 Å². The van der Waals surface area contributed by atoms with E-state index in [-0.39, 0.29) is 17.9 Å². The highest BCUT2D eigenvalue weighted by atomic mass is 16.5. The molecule has 2 aromatic rings. The van der Waals surface area contributed by atoms with E-state index in [1.807, 2.05) is 18.5 Å². The van der Waals surface area contributed by atoms with Crippen LogP contribution in [0.5, 0.6) is 5.88 Å². The maximum Gasteiger partial charge on any atom is 0.257 e. The third kappa shape index (κ3) is 3.42. The number of rotatable bonds is 6. The van der Waals surface area contributed by atoms with Gasteiger partial charge in [-0.25, -0.2) is 9.97 Å². The van der Waals surface area contributed by atoms with Crippen molar-refractivity contribution in [3.63, 3.8) is 0 Å². The molecule has 0 bridgehead atoms. The Balaban J connectivity index is 1.62. The van der Waals surface area contributed by atoms with E-state index in [4.69, 9.17) is 4.74 Å². The molecule has 2 heterocycles. The van der Waals surface area contributed by atoms with Crippen LogP contribution >= 0.6 is 0 Å². The molecule has 8 nitrogen and oxygen atoms in total. The van der Waals surface area contributed by atoms with Gasteiger partial charge in [-0.3, -0.25) is 0 Å². The Kier molecular flexibility index (Phi) is 4.71.